The van der Waals surface area contributed by atoms with Crippen LogP contribution in [0.15, 0.2) is 45.9 Å². The van der Waals surface area contributed by atoms with E-state index in [4.69, 9.17) is 0 Å². The largest absolute Gasteiger partial charge is 0.355 e. The van der Waals surface area contributed by atoms with Gasteiger partial charge in [0.05, 0.1) is 10.6 Å². The molecule has 1 aromatic carbocycles. The molecular formula is C19H27BrN4O2S. The highest BCUT2D eigenvalue weighted by molar-refractivity contribution is 9.10. The van der Waals surface area contributed by atoms with Gasteiger partial charge in [-0.3, -0.25) is 4.72 Å². The number of benzene rings is 1. The second-order valence-corrected chi connectivity index (χ2v) is 9.72. The maximum atomic E-state index is 12.8. The Balaban J connectivity index is 0.00000280. The van der Waals surface area contributed by atoms with Crippen molar-refractivity contribution in [3.05, 3.63) is 46.6 Å². The summed E-state index contributed by atoms with van der Waals surface area (Å²) in [6.07, 6.45) is 3.75. The maximum Gasteiger partial charge on any atom is 0.262 e. The predicted molar refractivity (Wildman–Crippen MR) is 115 cm³/mol. The molecule has 0 saturated carbocycles. The highest BCUT2D eigenvalue weighted by Crippen LogP contribution is 2.31. The highest BCUT2D eigenvalue weighted by atomic mass is 79.9. The van der Waals surface area contributed by atoms with E-state index in [2.05, 4.69) is 49.5 Å². The molecule has 1 aliphatic rings. The number of aryl methyl sites for hydroxylation is 1. The third-order valence-electron chi connectivity index (χ3n) is 4.90. The van der Waals surface area contributed by atoms with Crippen LogP contribution >= 0.6 is 15.9 Å². The number of piperidine rings is 1. The van der Waals surface area contributed by atoms with Crippen LogP contribution in [-0.2, 0) is 10.0 Å². The van der Waals surface area contributed by atoms with E-state index in [0.717, 1.165) is 36.0 Å². The van der Waals surface area contributed by atoms with Crippen LogP contribution in [0.2, 0.25) is 0 Å². The second-order valence-electron chi connectivity index (χ2n) is 7.13. The summed E-state index contributed by atoms with van der Waals surface area (Å²) in [5.41, 5.74) is 1.51. The molecule has 6 nitrogen and oxygen atoms in total. The van der Waals surface area contributed by atoms with Gasteiger partial charge in [-0.15, -0.1) is 0 Å². The van der Waals surface area contributed by atoms with Gasteiger partial charge in [0, 0.05) is 31.2 Å². The Morgan fingerprint density at radius 3 is 2.44 bits per heavy atom. The number of hydrogen-bond donors (Lipinski definition) is 1. The zero-order valence-corrected chi connectivity index (χ0v) is 18.2. The summed E-state index contributed by atoms with van der Waals surface area (Å²) in [7, 11) is 0.515. The normalized spacial score (nSPS) is 16.0. The van der Waals surface area contributed by atoms with Gasteiger partial charge in [-0.25, -0.2) is 13.4 Å². The predicted octanol–water partition coefficient (Wildman–Crippen LogP) is 3.73. The molecule has 0 unspecified atom stereocenters. The van der Waals surface area contributed by atoms with Crippen molar-refractivity contribution in [2.24, 2.45) is 0 Å². The molecule has 0 spiro atoms. The van der Waals surface area contributed by atoms with Crippen LogP contribution in [0, 0.1) is 6.92 Å². The van der Waals surface area contributed by atoms with Gasteiger partial charge in [0.1, 0.15) is 0 Å². The van der Waals surface area contributed by atoms with Crippen LogP contribution in [0.3, 0.4) is 0 Å². The fraction of sp³-hybridized carbons (Fsp3) is 0.421. The average Bonchev–Trinajstić information content (AvgIpc) is 2.62. The van der Waals surface area contributed by atoms with Crippen LogP contribution in [0.4, 0.5) is 11.5 Å². The number of halogens is 1. The lowest BCUT2D eigenvalue weighted by Gasteiger charge is -2.36. The van der Waals surface area contributed by atoms with E-state index in [1.165, 1.54) is 0 Å². The van der Waals surface area contributed by atoms with Crippen molar-refractivity contribution >= 4 is 37.5 Å². The van der Waals surface area contributed by atoms with E-state index in [-0.39, 0.29) is 6.32 Å². The van der Waals surface area contributed by atoms with E-state index in [0.29, 0.717) is 17.5 Å². The number of pyridine rings is 1. The van der Waals surface area contributed by atoms with Gasteiger partial charge in [-0.2, -0.15) is 0 Å². The van der Waals surface area contributed by atoms with Crippen molar-refractivity contribution < 1.29 is 9.84 Å². The summed E-state index contributed by atoms with van der Waals surface area (Å²) < 4.78 is 29.1. The standard InChI is InChI=1S/C19H25BrN4O2S.H2/c1-14-4-6-17(7-5-14)27(25,26)22-18-12-15(20)13-21-19(18)24-10-8-16(9-11-24)23(2)3;/h4-7,12-13,16,22H,8-11H2,1-3H3;1H. The molecule has 2 heterocycles. The number of aromatic nitrogens is 1. The van der Waals surface area contributed by atoms with Gasteiger partial charge in [0.25, 0.3) is 10.0 Å². The average molecular weight is 455 g/mol. The topological polar surface area (TPSA) is 65.5 Å². The third-order valence-corrected chi connectivity index (χ3v) is 6.72. The van der Waals surface area contributed by atoms with Crippen LogP contribution in [0.5, 0.6) is 0 Å². The number of rotatable bonds is 5. The summed E-state index contributed by atoms with van der Waals surface area (Å²) in [4.78, 5) is 9.14. The summed E-state index contributed by atoms with van der Waals surface area (Å²) in [6.45, 7) is 3.62. The Morgan fingerprint density at radius 2 is 1.85 bits per heavy atom. The monoisotopic (exact) mass is 454 g/mol. The first kappa shape index (κ1) is 20.1. The lowest BCUT2D eigenvalue weighted by Crippen LogP contribution is -2.42. The van der Waals surface area contributed by atoms with Gasteiger partial charge in [-0.05, 0) is 68.0 Å². The molecule has 2 aromatic rings. The van der Waals surface area contributed by atoms with E-state index < -0.39 is 10.0 Å². The van der Waals surface area contributed by atoms with E-state index >= 15 is 0 Å². The van der Waals surface area contributed by atoms with E-state index in [9.17, 15) is 8.42 Å². The minimum absolute atomic E-state index is 0. The van der Waals surface area contributed by atoms with Crippen molar-refractivity contribution in [2.75, 3.05) is 36.8 Å². The SMILES string of the molecule is Cc1ccc(S(=O)(=O)Nc2cc(Br)cnc2N2CCC(N(C)C)CC2)cc1.[HH]. The Hall–Kier alpha value is -1.64. The first-order valence-corrected chi connectivity index (χ1v) is 11.2. The molecule has 8 heteroatoms. The van der Waals surface area contributed by atoms with Crippen LogP contribution in [0.25, 0.3) is 0 Å². The third kappa shape index (κ3) is 4.80. The highest BCUT2D eigenvalue weighted by Gasteiger charge is 2.25. The van der Waals surface area contributed by atoms with Crippen molar-refractivity contribution in [3.8, 4) is 0 Å². The number of nitrogens with one attached hydrogen (secondary N) is 1. The molecule has 1 aromatic heterocycles. The second kappa shape index (κ2) is 8.16. The lowest BCUT2D eigenvalue weighted by molar-refractivity contribution is 0.249. The Morgan fingerprint density at radius 1 is 1.22 bits per heavy atom. The lowest BCUT2D eigenvalue weighted by atomic mass is 10.0. The number of sulfonamides is 1. The fourth-order valence-electron chi connectivity index (χ4n) is 3.27. The fourth-order valence-corrected chi connectivity index (χ4v) is 4.66. The minimum atomic E-state index is -3.68. The van der Waals surface area contributed by atoms with Gasteiger partial charge >= 0.3 is 0 Å². The van der Waals surface area contributed by atoms with Crippen LogP contribution < -0.4 is 9.62 Å². The smallest absolute Gasteiger partial charge is 0.262 e. The Kier molecular flexibility index (Phi) is 6.08. The van der Waals surface area contributed by atoms with Gasteiger partial charge in [0.15, 0.2) is 5.82 Å². The minimum Gasteiger partial charge on any atom is -0.355 e. The molecule has 27 heavy (non-hydrogen) atoms. The van der Waals surface area contributed by atoms with E-state index in [1.54, 1.807) is 36.5 Å². The Labute approximate surface area is 171 Å². The van der Waals surface area contributed by atoms with Gasteiger partial charge < -0.3 is 9.80 Å². The van der Waals surface area contributed by atoms with Crippen molar-refractivity contribution in [1.29, 1.82) is 0 Å². The molecule has 1 N–H and O–H groups in total. The Bertz CT molecular complexity index is 899. The summed E-state index contributed by atoms with van der Waals surface area (Å²) in [5.74, 6) is 0.672. The molecule has 1 fully saturated rings. The summed E-state index contributed by atoms with van der Waals surface area (Å²) in [5, 5.41) is 0. The molecule has 0 radical (unpaired) electrons. The molecule has 0 bridgehead atoms. The molecule has 0 amide bonds. The molecule has 1 saturated heterocycles. The zero-order valence-electron chi connectivity index (χ0n) is 15.8. The quantitative estimate of drug-likeness (QED) is 0.745. The number of hydrogen-bond acceptors (Lipinski definition) is 5. The van der Waals surface area contributed by atoms with Crippen molar-refractivity contribution in [2.45, 2.75) is 30.7 Å². The molecule has 1 aliphatic heterocycles. The van der Waals surface area contributed by atoms with E-state index in [1.807, 2.05) is 6.92 Å². The number of nitrogens with zero attached hydrogens (tertiary/aromatic N) is 3. The van der Waals surface area contributed by atoms with Crippen molar-refractivity contribution in [1.82, 2.24) is 9.88 Å². The molecule has 3 rings (SSSR count). The molecule has 0 atom stereocenters. The molecule has 148 valence electrons. The first-order valence-electron chi connectivity index (χ1n) is 8.92. The summed E-state index contributed by atoms with van der Waals surface area (Å²) in [6, 6.07) is 9.13. The first-order chi connectivity index (χ1) is 12.8. The van der Waals surface area contributed by atoms with Gasteiger partial charge in [0.2, 0.25) is 0 Å². The van der Waals surface area contributed by atoms with Crippen molar-refractivity contribution in [3.63, 3.8) is 0 Å². The number of anilines is 2. The summed E-state index contributed by atoms with van der Waals surface area (Å²) >= 11 is 3.40. The zero-order chi connectivity index (χ0) is 19.6. The van der Waals surface area contributed by atoms with Gasteiger partial charge in [-0.1, -0.05) is 17.7 Å². The maximum absolute atomic E-state index is 12.8. The van der Waals surface area contributed by atoms with Crippen LogP contribution in [-0.4, -0.2) is 51.5 Å². The van der Waals surface area contributed by atoms with Crippen LogP contribution in [0.1, 0.15) is 19.8 Å². The molecule has 0 aliphatic carbocycles. The molecular weight excluding hydrogens is 428 g/mol.